The Morgan fingerprint density at radius 1 is 1.17 bits per heavy atom. The van der Waals surface area contributed by atoms with Crippen molar-refractivity contribution in [2.24, 2.45) is 11.7 Å². The van der Waals surface area contributed by atoms with E-state index in [1.165, 1.54) is 4.31 Å². The fraction of sp³-hybridized carbons (Fsp3) is 0.909. The van der Waals surface area contributed by atoms with Gasteiger partial charge in [-0.3, -0.25) is 5.41 Å². The molecule has 1 heterocycles. The quantitative estimate of drug-likeness (QED) is 0.511. The van der Waals surface area contributed by atoms with Crippen molar-refractivity contribution < 1.29 is 8.42 Å². The van der Waals surface area contributed by atoms with E-state index in [0.717, 1.165) is 38.5 Å². The zero-order valence-electron chi connectivity index (χ0n) is 10.6. The zero-order chi connectivity index (χ0) is 13.2. The zero-order valence-corrected chi connectivity index (χ0v) is 11.4. The largest absolute Gasteiger partial charge is 0.387 e. The monoisotopic (exact) mass is 274 g/mol. The molecule has 0 spiro atoms. The molecular weight excluding hydrogens is 252 g/mol. The minimum absolute atomic E-state index is 0.0962. The van der Waals surface area contributed by atoms with Crippen LogP contribution in [0.1, 0.15) is 38.5 Å². The van der Waals surface area contributed by atoms with Gasteiger partial charge in [-0.15, -0.1) is 0 Å². The summed E-state index contributed by atoms with van der Waals surface area (Å²) in [6, 6.07) is -0.200. The summed E-state index contributed by atoms with van der Waals surface area (Å²) in [7, 11) is -3.40. The summed E-state index contributed by atoms with van der Waals surface area (Å²) in [6.45, 7) is 1.21. The lowest BCUT2D eigenvalue weighted by Crippen LogP contribution is -2.49. The summed E-state index contributed by atoms with van der Waals surface area (Å²) in [5.41, 5.74) is 5.52. The molecule has 0 radical (unpaired) electrons. The molecule has 2 unspecified atom stereocenters. The minimum atomic E-state index is -3.40. The van der Waals surface area contributed by atoms with E-state index in [0.29, 0.717) is 13.1 Å². The summed E-state index contributed by atoms with van der Waals surface area (Å²) >= 11 is 0. The molecule has 6 nitrogen and oxygen atoms in total. The SMILES string of the molecule is N=C(N)C1CCCC1NS(=O)(=O)N1CCCCC1. The topological polar surface area (TPSA) is 99.3 Å². The van der Waals surface area contributed by atoms with Crippen molar-refractivity contribution in [3.8, 4) is 0 Å². The molecule has 1 saturated heterocycles. The Balaban J connectivity index is 2.00. The standard InChI is InChI=1S/C11H22N4O2S/c12-11(13)9-5-4-6-10(9)14-18(16,17)15-7-2-1-3-8-15/h9-10,14H,1-8H2,(H3,12,13). The minimum Gasteiger partial charge on any atom is -0.387 e. The summed E-state index contributed by atoms with van der Waals surface area (Å²) in [6.07, 6.45) is 5.48. The smallest absolute Gasteiger partial charge is 0.279 e. The van der Waals surface area contributed by atoms with Gasteiger partial charge in [-0.1, -0.05) is 12.8 Å². The number of rotatable bonds is 4. The summed E-state index contributed by atoms with van der Waals surface area (Å²) < 4.78 is 28.7. The second-order valence-electron chi connectivity index (χ2n) is 5.18. The molecule has 1 aliphatic carbocycles. The van der Waals surface area contributed by atoms with Gasteiger partial charge in [0.1, 0.15) is 0 Å². The first-order chi connectivity index (χ1) is 8.50. The van der Waals surface area contributed by atoms with Crippen LogP contribution >= 0.6 is 0 Å². The van der Waals surface area contributed by atoms with Crippen molar-refractivity contribution in [2.45, 2.75) is 44.6 Å². The number of hydrogen-bond acceptors (Lipinski definition) is 3. The van der Waals surface area contributed by atoms with E-state index in [4.69, 9.17) is 11.1 Å². The molecule has 2 fully saturated rings. The van der Waals surface area contributed by atoms with Crippen LogP contribution in [-0.2, 0) is 10.2 Å². The Kier molecular flexibility index (Phi) is 4.24. The van der Waals surface area contributed by atoms with E-state index in [1.54, 1.807) is 0 Å². The first kappa shape index (κ1) is 13.8. The first-order valence-corrected chi connectivity index (χ1v) is 8.06. The van der Waals surface area contributed by atoms with Crippen LogP contribution in [0.15, 0.2) is 0 Å². The Hall–Kier alpha value is -0.660. The number of amidine groups is 1. The maximum atomic E-state index is 12.2. The Labute approximate surface area is 109 Å². The third-order valence-corrected chi connectivity index (χ3v) is 5.52. The molecule has 7 heteroatoms. The van der Waals surface area contributed by atoms with Crippen LogP contribution in [0.4, 0.5) is 0 Å². The lowest BCUT2D eigenvalue weighted by atomic mass is 10.0. The van der Waals surface area contributed by atoms with Gasteiger partial charge in [-0.05, 0) is 25.7 Å². The molecule has 2 aliphatic rings. The van der Waals surface area contributed by atoms with Crippen LogP contribution in [0, 0.1) is 11.3 Å². The maximum absolute atomic E-state index is 12.2. The highest BCUT2D eigenvalue weighted by Crippen LogP contribution is 2.26. The van der Waals surface area contributed by atoms with Gasteiger partial charge in [0.15, 0.2) is 0 Å². The highest BCUT2D eigenvalue weighted by atomic mass is 32.2. The number of nitrogens with one attached hydrogen (secondary N) is 2. The summed E-state index contributed by atoms with van der Waals surface area (Å²) in [5.74, 6) is -0.0385. The molecule has 0 amide bonds. The van der Waals surface area contributed by atoms with Crippen molar-refractivity contribution in [1.82, 2.24) is 9.03 Å². The molecule has 2 rings (SSSR count). The Morgan fingerprint density at radius 2 is 1.83 bits per heavy atom. The van der Waals surface area contributed by atoms with Gasteiger partial charge in [-0.25, -0.2) is 0 Å². The van der Waals surface area contributed by atoms with Crippen molar-refractivity contribution in [1.29, 1.82) is 5.41 Å². The fourth-order valence-corrected chi connectivity index (χ4v) is 4.40. The van der Waals surface area contributed by atoms with Gasteiger partial charge in [0.25, 0.3) is 10.2 Å². The van der Waals surface area contributed by atoms with Gasteiger partial charge in [0.05, 0.1) is 5.84 Å². The number of hydrogen-bond donors (Lipinski definition) is 3. The highest BCUT2D eigenvalue weighted by molar-refractivity contribution is 7.87. The predicted octanol–water partition coefficient (Wildman–Crippen LogP) is 0.411. The second kappa shape index (κ2) is 5.54. The normalized spacial score (nSPS) is 30.4. The lowest BCUT2D eigenvalue weighted by molar-refractivity contribution is 0.336. The summed E-state index contributed by atoms with van der Waals surface area (Å²) in [4.78, 5) is 0. The molecule has 0 aromatic carbocycles. The third-order valence-electron chi connectivity index (χ3n) is 3.87. The molecule has 1 aliphatic heterocycles. The van der Waals surface area contributed by atoms with Gasteiger partial charge in [-0.2, -0.15) is 17.4 Å². The molecule has 4 N–H and O–H groups in total. The first-order valence-electron chi connectivity index (χ1n) is 6.62. The van der Waals surface area contributed by atoms with Crippen molar-refractivity contribution in [3.63, 3.8) is 0 Å². The van der Waals surface area contributed by atoms with Crippen molar-refractivity contribution in [3.05, 3.63) is 0 Å². The fourth-order valence-electron chi connectivity index (χ4n) is 2.84. The van der Waals surface area contributed by atoms with Crippen LogP contribution in [0.25, 0.3) is 0 Å². The number of nitrogens with zero attached hydrogens (tertiary/aromatic N) is 1. The van der Waals surface area contributed by atoms with E-state index >= 15 is 0 Å². The van der Waals surface area contributed by atoms with E-state index in [1.807, 2.05) is 0 Å². The van der Waals surface area contributed by atoms with Crippen LogP contribution in [-0.4, -0.2) is 37.7 Å². The molecule has 104 valence electrons. The van der Waals surface area contributed by atoms with E-state index in [2.05, 4.69) is 4.72 Å². The second-order valence-corrected chi connectivity index (χ2v) is 6.88. The average Bonchev–Trinajstić information content (AvgIpc) is 2.78. The van der Waals surface area contributed by atoms with Gasteiger partial charge in [0.2, 0.25) is 0 Å². The van der Waals surface area contributed by atoms with Crippen LogP contribution in [0.5, 0.6) is 0 Å². The van der Waals surface area contributed by atoms with Crippen molar-refractivity contribution in [2.75, 3.05) is 13.1 Å². The van der Waals surface area contributed by atoms with Crippen molar-refractivity contribution >= 4 is 16.0 Å². The van der Waals surface area contributed by atoms with Crippen LogP contribution in [0.2, 0.25) is 0 Å². The van der Waals surface area contributed by atoms with Crippen LogP contribution < -0.4 is 10.5 Å². The molecule has 1 saturated carbocycles. The third kappa shape index (κ3) is 3.02. The predicted molar refractivity (Wildman–Crippen MR) is 70.5 cm³/mol. The van der Waals surface area contributed by atoms with Gasteiger partial charge >= 0.3 is 0 Å². The number of nitrogens with two attached hydrogens (primary N) is 1. The Bertz CT molecular complexity index is 403. The Morgan fingerprint density at radius 3 is 2.44 bits per heavy atom. The molecule has 0 bridgehead atoms. The van der Waals surface area contributed by atoms with E-state index < -0.39 is 10.2 Å². The lowest BCUT2D eigenvalue weighted by Gasteiger charge is -2.29. The van der Waals surface area contributed by atoms with E-state index in [9.17, 15) is 8.42 Å². The molecule has 0 aromatic heterocycles. The summed E-state index contributed by atoms with van der Waals surface area (Å²) in [5, 5.41) is 7.50. The molecule has 2 atom stereocenters. The average molecular weight is 274 g/mol. The van der Waals surface area contributed by atoms with Gasteiger partial charge in [0, 0.05) is 25.0 Å². The van der Waals surface area contributed by atoms with Crippen LogP contribution in [0.3, 0.4) is 0 Å². The molecular formula is C11H22N4O2S. The van der Waals surface area contributed by atoms with Gasteiger partial charge < -0.3 is 5.73 Å². The molecule has 18 heavy (non-hydrogen) atoms. The number of piperidine rings is 1. The highest BCUT2D eigenvalue weighted by Gasteiger charge is 2.34. The molecule has 0 aromatic rings. The van der Waals surface area contributed by atoms with E-state index in [-0.39, 0.29) is 17.8 Å². The maximum Gasteiger partial charge on any atom is 0.279 e.